The number of aromatic nitrogens is 1. The van der Waals surface area contributed by atoms with E-state index in [1.165, 1.54) is 12.3 Å². The summed E-state index contributed by atoms with van der Waals surface area (Å²) in [5.74, 6) is -3.06. The molecule has 1 aliphatic heterocycles. The number of rotatable bonds is 3. The zero-order chi connectivity index (χ0) is 22.0. The molecule has 1 atom stereocenters. The Bertz CT molecular complexity index is 732. The fraction of sp³-hybridized carbons (Fsp3) is 0.667. The first-order valence-corrected chi connectivity index (χ1v) is 6.10. The summed E-state index contributed by atoms with van der Waals surface area (Å²) in [6.45, 7) is 0.682. The van der Waals surface area contributed by atoms with Gasteiger partial charge in [0.25, 0.3) is 0 Å². The third-order valence-corrected chi connectivity index (χ3v) is 3.69. The Morgan fingerprint density at radius 1 is 1.42 bits per heavy atom. The van der Waals surface area contributed by atoms with Gasteiger partial charge < -0.3 is 9.31 Å². The molecule has 104 valence electrons. The van der Waals surface area contributed by atoms with Crippen molar-refractivity contribution in [3.63, 3.8) is 0 Å². The van der Waals surface area contributed by atoms with E-state index in [4.69, 9.17) is 21.6 Å². The summed E-state index contributed by atoms with van der Waals surface area (Å²) in [4.78, 5) is 4.11. The lowest BCUT2D eigenvalue weighted by molar-refractivity contribution is 0.00578. The normalized spacial score (nSPS) is 33.3. The minimum absolute atomic E-state index is 0.137. The molecule has 4 heteroatoms. The average molecular weight is 270 g/mol. The van der Waals surface area contributed by atoms with Crippen LogP contribution in [-0.2, 0) is 9.31 Å². The van der Waals surface area contributed by atoms with Crippen LogP contribution in [0.25, 0.3) is 0 Å². The van der Waals surface area contributed by atoms with Gasteiger partial charge in [0.15, 0.2) is 0 Å². The van der Waals surface area contributed by atoms with Crippen molar-refractivity contribution >= 4 is 12.7 Å². The van der Waals surface area contributed by atoms with Gasteiger partial charge in [-0.3, -0.25) is 4.98 Å². The molecule has 0 N–H and O–H groups in total. The predicted molar refractivity (Wildman–Crippen MR) is 78.7 cm³/mol. The molecule has 2 rings (SSSR count). The van der Waals surface area contributed by atoms with Crippen molar-refractivity contribution in [1.29, 1.82) is 0 Å². The third-order valence-electron chi connectivity index (χ3n) is 3.69. The van der Waals surface area contributed by atoms with E-state index < -0.39 is 44.3 Å². The van der Waals surface area contributed by atoms with Gasteiger partial charge in [0.05, 0.1) is 16.8 Å². The van der Waals surface area contributed by atoms with Crippen LogP contribution in [0.5, 0.6) is 0 Å². The van der Waals surface area contributed by atoms with E-state index in [-0.39, 0.29) is 11.2 Å². The quantitative estimate of drug-likeness (QED) is 0.791. The maximum absolute atomic E-state index is 8.49. The van der Waals surface area contributed by atoms with Crippen LogP contribution in [0, 0.1) is 0 Å². The highest BCUT2D eigenvalue weighted by molar-refractivity contribution is 6.61. The van der Waals surface area contributed by atoms with E-state index in [2.05, 4.69) is 4.98 Å². The number of pyridine rings is 1. The van der Waals surface area contributed by atoms with Crippen molar-refractivity contribution in [3.05, 3.63) is 23.9 Å². The highest BCUT2D eigenvalue weighted by Crippen LogP contribution is 2.36. The average Bonchev–Trinajstić information content (AvgIpc) is 2.72. The second kappa shape index (κ2) is 4.91. The molecule has 0 aliphatic carbocycles. The van der Waals surface area contributed by atoms with Gasteiger partial charge >= 0.3 is 7.12 Å². The Balaban J connectivity index is 2.59. The molecule has 0 bridgehead atoms. The first kappa shape index (κ1) is 6.73. The Morgan fingerprint density at radius 2 is 2.11 bits per heavy atom. The van der Waals surface area contributed by atoms with Gasteiger partial charge in [-0.1, -0.05) is 13.7 Å². The molecule has 0 aromatic carbocycles. The smallest absolute Gasteiger partial charge is 0.398 e. The van der Waals surface area contributed by atoms with Crippen molar-refractivity contribution in [2.24, 2.45) is 0 Å². The zero-order valence-electron chi connectivity index (χ0n) is 20.6. The van der Waals surface area contributed by atoms with E-state index in [0.29, 0.717) is 0 Å². The number of nitrogens with zero attached hydrogens (tertiary/aromatic N) is 1. The molecule has 2 heterocycles. The molecule has 3 nitrogen and oxygen atoms in total. The van der Waals surface area contributed by atoms with E-state index in [1.54, 1.807) is 0 Å². The first-order chi connectivity index (χ1) is 12.3. The van der Waals surface area contributed by atoms with Crippen LogP contribution in [0.3, 0.4) is 0 Å². The van der Waals surface area contributed by atoms with Gasteiger partial charge in [-0.2, -0.15) is 0 Å². The monoisotopic (exact) mass is 270 g/mol. The molecule has 0 radical (unpaired) electrons. The largest absolute Gasteiger partial charge is 0.514 e. The Kier molecular flexibility index (Phi) is 1.74. The van der Waals surface area contributed by atoms with E-state index in [9.17, 15) is 0 Å². The van der Waals surface area contributed by atoms with Crippen LogP contribution in [0.4, 0.5) is 0 Å². The summed E-state index contributed by atoms with van der Waals surface area (Å²) in [6, 6.07) is 2.31. The minimum Gasteiger partial charge on any atom is -0.398 e. The second-order valence-corrected chi connectivity index (χ2v) is 5.56. The van der Waals surface area contributed by atoms with Gasteiger partial charge in [0.2, 0.25) is 0 Å². The molecule has 0 amide bonds. The number of hydrogen-bond acceptors (Lipinski definition) is 3. The molecule has 1 fully saturated rings. The molecule has 0 spiro atoms. The highest BCUT2D eigenvalue weighted by Gasteiger charge is 2.52. The molecule has 1 unspecified atom stereocenters. The molecule has 1 aromatic heterocycles. The van der Waals surface area contributed by atoms with Gasteiger partial charge in [0.1, 0.15) is 0 Å². The van der Waals surface area contributed by atoms with Crippen LogP contribution < -0.4 is 5.59 Å². The summed E-state index contributed by atoms with van der Waals surface area (Å²) >= 11 is 0. The fourth-order valence-electron chi connectivity index (χ4n) is 1.77. The lowest BCUT2D eigenvalue weighted by atomic mass is 9.82. The Morgan fingerprint density at radius 3 is 2.68 bits per heavy atom. The lowest BCUT2D eigenvalue weighted by Gasteiger charge is -2.32. The summed E-state index contributed by atoms with van der Waals surface area (Å²) in [6.07, 6.45) is -2.17. The van der Waals surface area contributed by atoms with Crippen LogP contribution in [0.1, 0.15) is 71.6 Å². The van der Waals surface area contributed by atoms with Crippen molar-refractivity contribution in [2.45, 2.75) is 64.9 Å². The molecule has 0 saturated carbocycles. The van der Waals surface area contributed by atoms with Crippen molar-refractivity contribution in [2.75, 3.05) is 0 Å². The lowest BCUT2D eigenvalue weighted by Crippen LogP contribution is -2.41. The van der Waals surface area contributed by atoms with Gasteiger partial charge in [-0.25, -0.2) is 0 Å². The van der Waals surface area contributed by atoms with Crippen LogP contribution in [0.2, 0.25) is 0 Å². The molecule has 19 heavy (non-hydrogen) atoms. The summed E-state index contributed by atoms with van der Waals surface area (Å²) in [5.41, 5.74) is -1.58. The predicted octanol–water partition coefficient (Wildman–Crippen LogP) is 2.89. The summed E-state index contributed by atoms with van der Waals surface area (Å²) in [7, 11) is -0.968. The molecular weight excluding hydrogens is 237 g/mol. The van der Waals surface area contributed by atoms with Gasteiger partial charge in [-0.05, 0) is 57.7 Å². The molecule has 1 aliphatic rings. The highest BCUT2D eigenvalue weighted by atomic mass is 16.7. The van der Waals surface area contributed by atoms with E-state index in [0.717, 1.165) is 6.07 Å². The minimum atomic E-state index is -3.36. The maximum atomic E-state index is 8.49. The van der Waals surface area contributed by atoms with Crippen molar-refractivity contribution < 1.29 is 21.6 Å². The summed E-state index contributed by atoms with van der Waals surface area (Å²) < 4.78 is 81.8. The maximum Gasteiger partial charge on any atom is 0.514 e. The van der Waals surface area contributed by atoms with Crippen molar-refractivity contribution in [1.82, 2.24) is 4.98 Å². The van der Waals surface area contributed by atoms with Crippen molar-refractivity contribution in [3.8, 4) is 0 Å². The van der Waals surface area contributed by atoms with Gasteiger partial charge in [-0.15, -0.1) is 0 Å². The van der Waals surface area contributed by atoms with E-state index in [1.807, 2.05) is 27.7 Å². The van der Waals surface area contributed by atoms with Crippen LogP contribution in [0.15, 0.2) is 18.3 Å². The Hall–Kier alpha value is -0.865. The zero-order valence-corrected chi connectivity index (χ0v) is 11.6. The SMILES string of the molecule is [2H]C([2H])([2H])C([2H])([2H])C([2H])(c1ccnc(B2OC(C)(C)C(C)(C)O2)c1)C([2H])([2H])[2H]. The standard InChI is InChI=1S/C15H24BNO2/c1-7-11(2)12-8-9-17-13(10-12)16-18-14(3,4)15(5,6)19-16/h8-11H,7H2,1-6H3/i1D3,2D3,7D2,11D. The van der Waals surface area contributed by atoms with Gasteiger partial charge in [0, 0.05) is 18.5 Å². The van der Waals surface area contributed by atoms with Crippen LogP contribution in [-0.4, -0.2) is 23.3 Å². The van der Waals surface area contributed by atoms with Crippen LogP contribution >= 0.6 is 0 Å². The fourth-order valence-corrected chi connectivity index (χ4v) is 1.77. The number of hydrogen-bond donors (Lipinski definition) is 0. The Labute approximate surface area is 129 Å². The van der Waals surface area contributed by atoms with E-state index >= 15 is 0 Å². The topological polar surface area (TPSA) is 31.4 Å². The molecular formula is C15H24BNO2. The molecule has 1 aromatic rings. The second-order valence-electron chi connectivity index (χ2n) is 5.56. The third kappa shape index (κ3) is 2.70. The summed E-state index contributed by atoms with van der Waals surface area (Å²) in [5, 5.41) is 0. The first-order valence-electron chi connectivity index (χ1n) is 10.6. The molecule has 1 saturated heterocycles.